The average Bonchev–Trinajstić information content (AvgIpc) is 2.56. The number of aromatic nitrogens is 1. The summed E-state index contributed by atoms with van der Waals surface area (Å²) in [6, 6.07) is 0.334. The number of rotatable bonds is 9. The van der Waals surface area contributed by atoms with E-state index in [2.05, 4.69) is 25.7 Å². The summed E-state index contributed by atoms with van der Waals surface area (Å²) < 4.78 is 42.6. The largest absolute Gasteiger partial charge is 0.450 e. The molecule has 12 heteroatoms. The van der Waals surface area contributed by atoms with Crippen molar-refractivity contribution in [1.29, 1.82) is 0 Å². The summed E-state index contributed by atoms with van der Waals surface area (Å²) in [6.07, 6.45) is -2.51. The van der Waals surface area contributed by atoms with Crippen molar-refractivity contribution in [2.75, 3.05) is 30.6 Å². The first kappa shape index (κ1) is 23.3. The van der Waals surface area contributed by atoms with Crippen molar-refractivity contribution in [3.63, 3.8) is 0 Å². The number of ether oxygens (including phenoxy) is 1. The molecule has 2 amide bonds. The van der Waals surface area contributed by atoms with Gasteiger partial charge in [-0.05, 0) is 31.4 Å². The van der Waals surface area contributed by atoms with Gasteiger partial charge < -0.3 is 10.1 Å². The third-order valence-corrected chi connectivity index (χ3v) is 4.16. The zero-order chi connectivity index (χ0) is 20.4. The number of halogens is 4. The highest BCUT2D eigenvalue weighted by Crippen LogP contribution is 2.34. The van der Waals surface area contributed by atoms with Gasteiger partial charge in [0.1, 0.15) is 5.82 Å². The topological polar surface area (TPSA) is 92.3 Å². The molecule has 1 rings (SSSR count). The van der Waals surface area contributed by atoms with Crippen molar-refractivity contribution in [2.24, 2.45) is 0 Å². The van der Waals surface area contributed by atoms with E-state index in [0.717, 1.165) is 6.07 Å². The minimum Gasteiger partial charge on any atom is -0.450 e. The van der Waals surface area contributed by atoms with Crippen molar-refractivity contribution in [3.05, 3.63) is 22.8 Å². The van der Waals surface area contributed by atoms with Gasteiger partial charge in [-0.15, -0.1) is 0 Å². The number of thioether (sulfide) groups is 1. The number of alkyl halides is 3. The molecule has 1 atom stereocenters. The van der Waals surface area contributed by atoms with E-state index in [0.29, 0.717) is 18.4 Å². The number of carbonyl (C=O) groups excluding carboxylic acids is 2. The molecular formula is C15H20ClF3N4O3S. The van der Waals surface area contributed by atoms with Crippen molar-refractivity contribution >= 4 is 41.2 Å². The maximum atomic E-state index is 12.7. The second-order valence-corrected chi connectivity index (χ2v) is 6.54. The maximum Gasteiger partial charge on any atom is 0.419 e. The second-order valence-electron chi connectivity index (χ2n) is 5.15. The molecule has 27 heavy (non-hydrogen) atoms. The Bertz CT molecular complexity index is 649. The number of nitrogens with one attached hydrogen (secondary N) is 3. The van der Waals surface area contributed by atoms with Gasteiger partial charge in [-0.25, -0.2) is 9.78 Å². The van der Waals surface area contributed by atoms with Gasteiger partial charge >= 0.3 is 12.3 Å². The lowest BCUT2D eigenvalue weighted by molar-refractivity contribution is -0.137. The van der Waals surface area contributed by atoms with Gasteiger partial charge in [-0.2, -0.15) is 24.9 Å². The molecule has 0 aliphatic carbocycles. The summed E-state index contributed by atoms with van der Waals surface area (Å²) >= 11 is 7.14. The third-order valence-electron chi connectivity index (χ3n) is 3.20. The molecule has 0 saturated heterocycles. The van der Waals surface area contributed by atoms with E-state index in [4.69, 9.17) is 11.6 Å². The van der Waals surface area contributed by atoms with Crippen LogP contribution < -0.4 is 16.0 Å². The number of hydrogen-bond donors (Lipinski definition) is 3. The molecule has 0 radical (unpaired) electrons. The molecule has 0 aromatic carbocycles. The van der Waals surface area contributed by atoms with E-state index in [9.17, 15) is 22.8 Å². The van der Waals surface area contributed by atoms with Crippen molar-refractivity contribution < 1.29 is 27.5 Å². The molecule has 0 bridgehead atoms. The minimum atomic E-state index is -4.59. The van der Waals surface area contributed by atoms with Crippen LogP contribution in [0.4, 0.5) is 23.8 Å². The highest BCUT2D eigenvalue weighted by atomic mass is 35.5. The Morgan fingerprint density at radius 3 is 2.67 bits per heavy atom. The monoisotopic (exact) mass is 428 g/mol. The van der Waals surface area contributed by atoms with Crippen LogP contribution in [0.3, 0.4) is 0 Å². The van der Waals surface area contributed by atoms with Crippen molar-refractivity contribution in [1.82, 2.24) is 15.6 Å². The first-order valence-electron chi connectivity index (χ1n) is 7.85. The molecule has 3 N–H and O–H groups in total. The van der Waals surface area contributed by atoms with E-state index >= 15 is 0 Å². The number of amides is 2. The van der Waals surface area contributed by atoms with E-state index in [1.54, 1.807) is 6.92 Å². The van der Waals surface area contributed by atoms with Crippen LogP contribution in [0.5, 0.6) is 0 Å². The number of anilines is 1. The van der Waals surface area contributed by atoms with Gasteiger partial charge in [-0.1, -0.05) is 11.6 Å². The Balaban J connectivity index is 2.64. The van der Waals surface area contributed by atoms with E-state index < -0.39 is 34.8 Å². The smallest absolute Gasteiger partial charge is 0.419 e. The molecule has 152 valence electrons. The summed E-state index contributed by atoms with van der Waals surface area (Å²) in [6.45, 7) is 1.76. The maximum absolute atomic E-state index is 12.7. The quantitative estimate of drug-likeness (QED) is 0.520. The Hall–Kier alpha value is -1.72. The number of carbonyl (C=O) groups is 2. The second kappa shape index (κ2) is 11.2. The average molecular weight is 429 g/mol. The molecule has 1 aromatic heterocycles. The molecule has 0 fully saturated rings. The third kappa shape index (κ3) is 8.22. The number of nitrogens with zero attached hydrogens (tertiary/aromatic N) is 1. The molecule has 1 unspecified atom stereocenters. The lowest BCUT2D eigenvalue weighted by Crippen LogP contribution is -2.48. The van der Waals surface area contributed by atoms with Crippen LogP contribution in [0.15, 0.2) is 12.3 Å². The van der Waals surface area contributed by atoms with Crippen LogP contribution >= 0.6 is 23.4 Å². The summed E-state index contributed by atoms with van der Waals surface area (Å²) in [5, 5.41) is 7.22. The molecular weight excluding hydrogens is 409 g/mol. The van der Waals surface area contributed by atoms with Gasteiger partial charge in [0.15, 0.2) is 0 Å². The van der Waals surface area contributed by atoms with Crippen molar-refractivity contribution in [3.8, 4) is 0 Å². The Kier molecular flexibility index (Phi) is 9.67. The van der Waals surface area contributed by atoms with Gasteiger partial charge in [0.05, 0.1) is 29.9 Å². The fourth-order valence-corrected chi connectivity index (χ4v) is 2.65. The predicted molar refractivity (Wildman–Crippen MR) is 97.8 cm³/mol. The molecule has 0 saturated carbocycles. The molecule has 0 aliphatic heterocycles. The van der Waals surface area contributed by atoms with Crippen molar-refractivity contribution in [2.45, 2.75) is 25.6 Å². The normalized spacial score (nSPS) is 12.4. The van der Waals surface area contributed by atoms with Crippen LogP contribution in [0.1, 0.15) is 18.9 Å². The highest BCUT2D eigenvalue weighted by Gasteiger charge is 2.33. The predicted octanol–water partition coefficient (Wildman–Crippen LogP) is 3.11. The summed E-state index contributed by atoms with van der Waals surface area (Å²) in [5.74, 6) is 0.191. The number of pyridine rings is 1. The highest BCUT2D eigenvalue weighted by molar-refractivity contribution is 7.98. The molecule has 1 heterocycles. The number of hydrogen-bond acceptors (Lipinski definition) is 7. The van der Waals surface area contributed by atoms with Gasteiger partial charge in [0.25, 0.3) is 0 Å². The molecule has 0 aliphatic rings. The Labute approximate surface area is 163 Å². The van der Waals surface area contributed by atoms with Crippen LogP contribution in [-0.4, -0.2) is 48.3 Å². The van der Waals surface area contributed by atoms with Crippen LogP contribution in [0, 0.1) is 0 Å². The number of imide groups is 1. The summed E-state index contributed by atoms with van der Waals surface area (Å²) in [7, 11) is 0. The van der Waals surface area contributed by atoms with Gasteiger partial charge in [0.2, 0.25) is 5.91 Å². The zero-order valence-corrected chi connectivity index (χ0v) is 16.2. The fourth-order valence-electron chi connectivity index (χ4n) is 1.92. The molecule has 0 spiro atoms. The molecule has 1 aromatic rings. The van der Waals surface area contributed by atoms with Gasteiger partial charge in [0, 0.05) is 6.20 Å². The zero-order valence-electron chi connectivity index (χ0n) is 14.7. The fraction of sp³-hybridized carbons (Fsp3) is 0.533. The number of alkyl carbamates (subject to hydrolysis) is 1. The first-order chi connectivity index (χ1) is 12.7. The van der Waals surface area contributed by atoms with E-state index in [1.807, 2.05) is 6.26 Å². The van der Waals surface area contributed by atoms with Gasteiger partial charge in [-0.3, -0.25) is 15.4 Å². The lowest BCUT2D eigenvalue weighted by atomic mass is 10.2. The van der Waals surface area contributed by atoms with E-state index in [-0.39, 0.29) is 19.1 Å². The van der Waals surface area contributed by atoms with E-state index in [1.165, 1.54) is 11.8 Å². The lowest BCUT2D eigenvalue weighted by Gasteiger charge is -2.18. The Morgan fingerprint density at radius 1 is 1.41 bits per heavy atom. The van der Waals surface area contributed by atoms with Crippen LogP contribution in [-0.2, 0) is 15.7 Å². The minimum absolute atomic E-state index is 0.0178. The summed E-state index contributed by atoms with van der Waals surface area (Å²) in [5.41, 5.74) is -1.03. The standard InChI is InChI=1S/C15H20ClF3N4O3S/c1-3-26-14(25)23-13(24)11(4-5-27-2)21-8-22-12-6-10(16)9(7-20-12)15(17,18)19/h6-7,11,21H,3-5,8H2,1-2H3,(H,20,22)(H,23,24,25). The SMILES string of the molecule is CCOC(=O)NC(=O)C(CCSC)NCNc1cc(Cl)c(C(F)(F)F)cn1. The van der Waals surface area contributed by atoms with Crippen LogP contribution in [0.2, 0.25) is 5.02 Å². The summed E-state index contributed by atoms with van der Waals surface area (Å²) in [4.78, 5) is 27.1. The molecule has 7 nitrogen and oxygen atoms in total. The first-order valence-corrected chi connectivity index (χ1v) is 9.62. The Morgan fingerprint density at radius 2 is 2.11 bits per heavy atom. The van der Waals surface area contributed by atoms with Crippen LogP contribution in [0.25, 0.3) is 0 Å².